The van der Waals surface area contributed by atoms with Crippen molar-refractivity contribution >= 4 is 21.8 Å². The normalized spacial score (nSPS) is 12.4. The third kappa shape index (κ3) is 5.68. The van der Waals surface area contributed by atoms with Crippen LogP contribution in [0.1, 0.15) is 29.7 Å². The number of ether oxygens (including phenoxy) is 2. The van der Waals surface area contributed by atoms with E-state index in [4.69, 9.17) is 9.47 Å². The van der Waals surface area contributed by atoms with Gasteiger partial charge >= 0.3 is 10.2 Å². The summed E-state index contributed by atoms with van der Waals surface area (Å²) in [4.78, 5) is 12.9. The van der Waals surface area contributed by atoms with E-state index in [1.807, 2.05) is 26.0 Å². The number of hydrogen-bond acceptors (Lipinski definition) is 5. The smallest absolute Gasteiger partial charge is 0.304 e. The number of nitrogens with one attached hydrogen (secondary N) is 1. The second-order valence-corrected chi connectivity index (χ2v) is 9.55. The molecule has 1 N–H and O–H groups in total. The first-order chi connectivity index (χ1) is 14.5. The Labute approximate surface area is 184 Å². The molecule has 0 radical (unpaired) electrons. The monoisotopic (exact) mass is 449 g/mol. The molecule has 8 nitrogen and oxygen atoms in total. The average Bonchev–Trinajstić information content (AvgIpc) is 2.73. The summed E-state index contributed by atoms with van der Waals surface area (Å²) in [5.74, 6) is 0.786. The zero-order valence-corrected chi connectivity index (χ0v) is 19.9. The van der Waals surface area contributed by atoms with Crippen LogP contribution in [0, 0.1) is 13.8 Å². The Morgan fingerprint density at radius 2 is 1.74 bits per heavy atom. The molecule has 0 aliphatic rings. The largest absolute Gasteiger partial charge is 0.497 e. The topological polar surface area (TPSA) is 88.2 Å². The number of rotatable bonds is 9. The molecule has 0 heterocycles. The molecule has 31 heavy (non-hydrogen) atoms. The van der Waals surface area contributed by atoms with Gasteiger partial charge in [-0.05, 0) is 56.2 Å². The number of anilines is 1. The highest BCUT2D eigenvalue weighted by molar-refractivity contribution is 7.90. The van der Waals surface area contributed by atoms with Crippen LogP contribution in [0.5, 0.6) is 11.5 Å². The molecule has 0 fully saturated rings. The van der Waals surface area contributed by atoms with Crippen LogP contribution < -0.4 is 19.1 Å². The van der Waals surface area contributed by atoms with Crippen molar-refractivity contribution in [3.63, 3.8) is 0 Å². The Hall–Kier alpha value is -2.78. The summed E-state index contributed by atoms with van der Waals surface area (Å²) < 4.78 is 38.9. The Kier molecular flexibility index (Phi) is 7.91. The molecule has 2 rings (SSSR count). The number of carbonyl (C=O) groups is 1. The van der Waals surface area contributed by atoms with E-state index in [1.165, 1.54) is 14.1 Å². The molecule has 9 heteroatoms. The summed E-state index contributed by atoms with van der Waals surface area (Å²) >= 11 is 0. The van der Waals surface area contributed by atoms with Crippen LogP contribution in [-0.2, 0) is 15.0 Å². The lowest BCUT2D eigenvalue weighted by molar-refractivity contribution is -0.120. The van der Waals surface area contributed by atoms with E-state index in [-0.39, 0.29) is 6.54 Å². The van der Waals surface area contributed by atoms with E-state index in [0.29, 0.717) is 17.2 Å². The van der Waals surface area contributed by atoms with E-state index in [0.717, 1.165) is 25.3 Å². The van der Waals surface area contributed by atoms with Gasteiger partial charge in [0.25, 0.3) is 0 Å². The summed E-state index contributed by atoms with van der Waals surface area (Å²) in [6.07, 6.45) is 0. The zero-order chi connectivity index (χ0) is 23.3. The van der Waals surface area contributed by atoms with E-state index < -0.39 is 22.2 Å². The second kappa shape index (κ2) is 10.0. The van der Waals surface area contributed by atoms with Crippen LogP contribution in [0.3, 0.4) is 0 Å². The summed E-state index contributed by atoms with van der Waals surface area (Å²) in [7, 11) is 2.10. The third-order valence-electron chi connectivity index (χ3n) is 4.94. The van der Waals surface area contributed by atoms with Crippen molar-refractivity contribution in [3.8, 4) is 11.5 Å². The molecule has 0 aliphatic carbocycles. The first-order valence-electron chi connectivity index (χ1n) is 9.80. The highest BCUT2D eigenvalue weighted by Crippen LogP contribution is 2.30. The maximum Gasteiger partial charge on any atom is 0.304 e. The van der Waals surface area contributed by atoms with Crippen LogP contribution in [0.15, 0.2) is 36.4 Å². The van der Waals surface area contributed by atoms with Gasteiger partial charge in [0.1, 0.15) is 18.0 Å². The minimum atomic E-state index is -3.89. The molecule has 0 bridgehead atoms. The van der Waals surface area contributed by atoms with Crippen molar-refractivity contribution in [1.29, 1.82) is 0 Å². The fourth-order valence-electron chi connectivity index (χ4n) is 3.15. The molecule has 1 amide bonds. The molecular formula is C22H31N3O5S. The van der Waals surface area contributed by atoms with Gasteiger partial charge in [0.2, 0.25) is 5.91 Å². The summed E-state index contributed by atoms with van der Waals surface area (Å²) in [6, 6.07) is 10.4. The number of benzene rings is 2. The van der Waals surface area contributed by atoms with Gasteiger partial charge in [-0.3, -0.25) is 4.79 Å². The Morgan fingerprint density at radius 1 is 1.06 bits per heavy atom. The lowest BCUT2D eigenvalue weighted by Gasteiger charge is -2.29. The molecule has 170 valence electrons. The van der Waals surface area contributed by atoms with Gasteiger partial charge in [-0.1, -0.05) is 12.1 Å². The van der Waals surface area contributed by atoms with Gasteiger partial charge in [-0.25, -0.2) is 4.31 Å². The molecular weight excluding hydrogens is 418 g/mol. The molecule has 0 aromatic heterocycles. The van der Waals surface area contributed by atoms with E-state index in [2.05, 4.69) is 5.32 Å². The van der Waals surface area contributed by atoms with Crippen LogP contribution in [0.4, 0.5) is 5.69 Å². The lowest BCUT2D eigenvalue weighted by atomic mass is 10.1. The number of methoxy groups -OCH3 is 2. The summed E-state index contributed by atoms with van der Waals surface area (Å²) in [5, 5.41) is 2.87. The zero-order valence-electron chi connectivity index (χ0n) is 19.1. The molecule has 2 aromatic rings. The molecule has 0 spiro atoms. The van der Waals surface area contributed by atoms with Crippen LogP contribution in [-0.4, -0.2) is 53.5 Å². The molecule has 0 saturated carbocycles. The van der Waals surface area contributed by atoms with E-state index in [1.54, 1.807) is 45.4 Å². The number of aryl methyl sites for hydroxylation is 2. The maximum atomic E-state index is 13.0. The highest BCUT2D eigenvalue weighted by Gasteiger charge is 2.29. The van der Waals surface area contributed by atoms with Crippen molar-refractivity contribution in [2.24, 2.45) is 0 Å². The first-order valence-corrected chi connectivity index (χ1v) is 11.2. The molecule has 1 atom stereocenters. The van der Waals surface area contributed by atoms with Gasteiger partial charge in [0, 0.05) is 19.7 Å². The minimum Gasteiger partial charge on any atom is -0.497 e. The quantitative estimate of drug-likeness (QED) is 0.636. The fourth-order valence-corrected chi connectivity index (χ4v) is 4.27. The molecule has 0 aliphatic heterocycles. The Balaban J connectivity index is 2.34. The number of hydrogen-bond donors (Lipinski definition) is 1. The van der Waals surface area contributed by atoms with Gasteiger partial charge < -0.3 is 14.8 Å². The first kappa shape index (κ1) is 24.5. The number of amides is 1. The summed E-state index contributed by atoms with van der Waals surface area (Å²) in [5.41, 5.74) is 2.85. The minimum absolute atomic E-state index is 0.360. The predicted octanol–water partition coefficient (Wildman–Crippen LogP) is 2.81. The van der Waals surface area contributed by atoms with Crippen LogP contribution in [0.2, 0.25) is 0 Å². The highest BCUT2D eigenvalue weighted by atomic mass is 32.2. The van der Waals surface area contributed by atoms with Crippen molar-refractivity contribution < 1.29 is 22.7 Å². The van der Waals surface area contributed by atoms with Crippen LogP contribution >= 0.6 is 0 Å². The SMILES string of the molecule is COc1ccc(OC)c(C(C)NC(=O)CN(c2cc(C)ccc2C)S(=O)(=O)N(C)C)c1. The number of nitrogens with zero attached hydrogens (tertiary/aromatic N) is 2. The second-order valence-electron chi connectivity index (χ2n) is 7.48. The van der Waals surface area contributed by atoms with Crippen molar-refractivity contribution in [2.75, 3.05) is 39.2 Å². The maximum absolute atomic E-state index is 13.0. The Bertz CT molecular complexity index is 1040. The number of carbonyl (C=O) groups excluding carboxylic acids is 1. The van der Waals surface area contributed by atoms with Crippen molar-refractivity contribution in [1.82, 2.24) is 9.62 Å². The van der Waals surface area contributed by atoms with Gasteiger partial charge in [-0.15, -0.1) is 0 Å². The molecule has 1 unspecified atom stereocenters. The van der Waals surface area contributed by atoms with Crippen molar-refractivity contribution in [2.45, 2.75) is 26.8 Å². The molecule has 2 aromatic carbocycles. The fraction of sp³-hybridized carbons (Fsp3) is 0.409. The van der Waals surface area contributed by atoms with Gasteiger partial charge in [0.15, 0.2) is 0 Å². The van der Waals surface area contributed by atoms with Crippen LogP contribution in [0.25, 0.3) is 0 Å². The van der Waals surface area contributed by atoms with Gasteiger partial charge in [0.05, 0.1) is 25.9 Å². The van der Waals surface area contributed by atoms with Gasteiger partial charge in [-0.2, -0.15) is 12.7 Å². The lowest BCUT2D eigenvalue weighted by Crippen LogP contribution is -2.46. The average molecular weight is 450 g/mol. The summed E-state index contributed by atoms with van der Waals surface area (Å²) in [6.45, 7) is 5.13. The van der Waals surface area contributed by atoms with Crippen molar-refractivity contribution in [3.05, 3.63) is 53.1 Å². The predicted molar refractivity (Wildman–Crippen MR) is 122 cm³/mol. The van der Waals surface area contributed by atoms with E-state index in [9.17, 15) is 13.2 Å². The standard InChI is InChI=1S/C22H31N3O5S/c1-15-8-9-16(2)20(12-15)25(31(27,28)24(4)5)14-22(26)23-17(3)19-13-18(29-6)10-11-21(19)30-7/h8-13,17H,14H2,1-7H3,(H,23,26). The third-order valence-corrected chi connectivity index (χ3v) is 6.75. The molecule has 0 saturated heterocycles. The van der Waals surface area contributed by atoms with E-state index >= 15 is 0 Å². The Morgan fingerprint density at radius 3 is 2.32 bits per heavy atom.